The molecule has 0 aliphatic carbocycles. The summed E-state index contributed by atoms with van der Waals surface area (Å²) in [6.07, 6.45) is 7.76. The molecule has 0 saturated heterocycles. The van der Waals surface area contributed by atoms with Gasteiger partial charge >= 0.3 is 5.97 Å². The van der Waals surface area contributed by atoms with Gasteiger partial charge in [-0.3, -0.25) is 0 Å². The molecule has 5 heteroatoms. The van der Waals surface area contributed by atoms with Crippen molar-refractivity contribution in [2.24, 2.45) is 0 Å². The molecule has 1 aromatic carbocycles. The van der Waals surface area contributed by atoms with Crippen LogP contribution in [0.2, 0.25) is 0 Å². The van der Waals surface area contributed by atoms with E-state index >= 15 is 0 Å². The van der Waals surface area contributed by atoms with Crippen LogP contribution in [0, 0.1) is 0 Å². The molecular formula is C13H12N2O3. The summed E-state index contributed by atoms with van der Waals surface area (Å²) < 4.78 is 7.11. The van der Waals surface area contributed by atoms with E-state index in [0.29, 0.717) is 5.75 Å². The summed E-state index contributed by atoms with van der Waals surface area (Å²) in [6, 6.07) is 5.44. The molecule has 2 aromatic rings. The Morgan fingerprint density at radius 2 is 2.33 bits per heavy atom. The number of carbonyl (C=O) groups is 1. The molecule has 0 aliphatic heterocycles. The lowest BCUT2D eigenvalue weighted by atomic mass is 10.1. The predicted molar refractivity (Wildman–Crippen MR) is 66.8 cm³/mol. The second kappa shape index (κ2) is 5.18. The van der Waals surface area contributed by atoms with Gasteiger partial charge in [-0.15, -0.1) is 0 Å². The molecular weight excluding hydrogens is 232 g/mol. The van der Waals surface area contributed by atoms with Gasteiger partial charge in [0.2, 0.25) is 0 Å². The number of rotatable bonds is 4. The Morgan fingerprint density at radius 3 is 2.94 bits per heavy atom. The number of hydrogen-bond donors (Lipinski definition) is 1. The zero-order valence-corrected chi connectivity index (χ0v) is 9.78. The topological polar surface area (TPSA) is 64.3 Å². The number of nitrogens with zero attached hydrogens (tertiary/aromatic N) is 2. The Morgan fingerprint density at radius 1 is 1.50 bits per heavy atom. The highest BCUT2D eigenvalue weighted by molar-refractivity contribution is 5.85. The molecule has 0 aliphatic rings. The van der Waals surface area contributed by atoms with Crippen LogP contribution in [0.3, 0.4) is 0 Å². The van der Waals surface area contributed by atoms with E-state index < -0.39 is 5.97 Å². The third-order valence-corrected chi connectivity index (χ3v) is 2.40. The minimum Gasteiger partial charge on any atom is -0.495 e. The van der Waals surface area contributed by atoms with Crippen LogP contribution in [-0.2, 0) is 4.79 Å². The Hall–Kier alpha value is -2.56. The van der Waals surface area contributed by atoms with E-state index in [-0.39, 0.29) is 0 Å². The first-order valence-electron chi connectivity index (χ1n) is 5.28. The Labute approximate surface area is 104 Å². The van der Waals surface area contributed by atoms with E-state index in [1.54, 1.807) is 25.7 Å². The summed E-state index contributed by atoms with van der Waals surface area (Å²) in [4.78, 5) is 14.4. The van der Waals surface area contributed by atoms with E-state index in [9.17, 15) is 4.79 Å². The molecule has 92 valence electrons. The van der Waals surface area contributed by atoms with Crippen LogP contribution in [0.1, 0.15) is 5.56 Å². The third-order valence-electron chi connectivity index (χ3n) is 2.40. The number of carboxylic acids is 1. The molecule has 0 amide bonds. The fourth-order valence-electron chi connectivity index (χ4n) is 1.58. The summed E-state index contributed by atoms with van der Waals surface area (Å²) >= 11 is 0. The summed E-state index contributed by atoms with van der Waals surface area (Å²) in [5, 5.41) is 8.58. The number of benzene rings is 1. The number of hydrogen-bond acceptors (Lipinski definition) is 3. The quantitative estimate of drug-likeness (QED) is 0.835. The minimum atomic E-state index is -0.979. The molecule has 5 nitrogen and oxygen atoms in total. The monoisotopic (exact) mass is 244 g/mol. The molecule has 18 heavy (non-hydrogen) atoms. The number of ether oxygens (including phenoxy) is 1. The van der Waals surface area contributed by atoms with Crippen LogP contribution >= 0.6 is 0 Å². The summed E-state index contributed by atoms with van der Waals surface area (Å²) in [5.41, 5.74) is 1.61. The molecule has 0 atom stereocenters. The maximum Gasteiger partial charge on any atom is 0.328 e. The number of aliphatic carboxylic acids is 1. The minimum absolute atomic E-state index is 0.653. The highest BCUT2D eigenvalue weighted by Gasteiger charge is 2.05. The van der Waals surface area contributed by atoms with Gasteiger partial charge in [0.25, 0.3) is 0 Å². The van der Waals surface area contributed by atoms with Gasteiger partial charge in [0, 0.05) is 18.5 Å². The highest BCUT2D eigenvalue weighted by atomic mass is 16.5. The van der Waals surface area contributed by atoms with Crippen molar-refractivity contribution < 1.29 is 14.6 Å². The molecule has 0 bridgehead atoms. The predicted octanol–water partition coefficient (Wildman–Crippen LogP) is 1.98. The van der Waals surface area contributed by atoms with E-state index in [0.717, 1.165) is 17.3 Å². The van der Waals surface area contributed by atoms with Crippen molar-refractivity contribution in [2.75, 3.05) is 7.11 Å². The smallest absolute Gasteiger partial charge is 0.328 e. The van der Waals surface area contributed by atoms with Crippen LogP contribution in [0.15, 0.2) is 43.0 Å². The Kier molecular flexibility index (Phi) is 3.43. The van der Waals surface area contributed by atoms with Crippen molar-refractivity contribution in [1.29, 1.82) is 0 Å². The molecule has 1 heterocycles. The molecule has 0 saturated carbocycles. The molecule has 0 unspecified atom stereocenters. The summed E-state index contributed by atoms with van der Waals surface area (Å²) in [7, 11) is 1.57. The van der Waals surface area contributed by atoms with Gasteiger partial charge < -0.3 is 14.4 Å². The van der Waals surface area contributed by atoms with Gasteiger partial charge in [-0.25, -0.2) is 9.78 Å². The van der Waals surface area contributed by atoms with Gasteiger partial charge in [0.05, 0.1) is 19.1 Å². The second-order valence-electron chi connectivity index (χ2n) is 3.57. The maximum atomic E-state index is 10.5. The van der Waals surface area contributed by atoms with Gasteiger partial charge in [0.1, 0.15) is 5.75 Å². The second-order valence-corrected chi connectivity index (χ2v) is 3.57. The molecule has 2 rings (SSSR count). The van der Waals surface area contributed by atoms with E-state index in [1.807, 2.05) is 22.9 Å². The fourth-order valence-corrected chi connectivity index (χ4v) is 1.58. The molecule has 0 spiro atoms. The summed E-state index contributed by atoms with van der Waals surface area (Å²) in [6.45, 7) is 0. The SMILES string of the molecule is COc1cc(C=CC(=O)O)ccc1-n1ccnc1. The Balaban J connectivity index is 2.38. The van der Waals surface area contributed by atoms with Crippen LogP contribution < -0.4 is 4.74 Å². The van der Waals surface area contributed by atoms with E-state index in [4.69, 9.17) is 9.84 Å². The van der Waals surface area contributed by atoms with Crippen LogP contribution in [-0.4, -0.2) is 27.7 Å². The molecule has 0 radical (unpaired) electrons. The first-order chi connectivity index (χ1) is 8.70. The zero-order valence-electron chi connectivity index (χ0n) is 9.78. The first-order valence-corrected chi connectivity index (χ1v) is 5.28. The van der Waals surface area contributed by atoms with Crippen molar-refractivity contribution in [3.05, 3.63) is 48.6 Å². The van der Waals surface area contributed by atoms with Crippen LogP contribution in [0.4, 0.5) is 0 Å². The standard InChI is InChI=1S/C13H12N2O3/c1-18-12-8-10(3-5-13(16)17)2-4-11(12)15-7-6-14-9-15/h2-9H,1H3,(H,16,17). The fraction of sp³-hybridized carbons (Fsp3) is 0.0769. The van der Waals surface area contributed by atoms with Gasteiger partial charge in [-0.2, -0.15) is 0 Å². The van der Waals surface area contributed by atoms with E-state index in [1.165, 1.54) is 6.08 Å². The van der Waals surface area contributed by atoms with Crippen LogP contribution in [0.25, 0.3) is 11.8 Å². The zero-order chi connectivity index (χ0) is 13.0. The molecule has 1 aromatic heterocycles. The lowest BCUT2D eigenvalue weighted by molar-refractivity contribution is -0.131. The molecule has 1 N–H and O–H groups in total. The van der Waals surface area contributed by atoms with Gasteiger partial charge in [-0.1, -0.05) is 6.07 Å². The Bertz CT molecular complexity index is 574. The highest BCUT2D eigenvalue weighted by Crippen LogP contribution is 2.24. The number of aromatic nitrogens is 2. The van der Waals surface area contributed by atoms with Gasteiger partial charge in [-0.05, 0) is 23.8 Å². The average molecular weight is 244 g/mol. The van der Waals surface area contributed by atoms with Gasteiger partial charge in [0.15, 0.2) is 0 Å². The molecule has 0 fully saturated rings. The number of carboxylic acid groups (broad SMARTS) is 1. The lowest BCUT2D eigenvalue weighted by Gasteiger charge is -2.09. The van der Waals surface area contributed by atoms with Crippen molar-refractivity contribution in [3.63, 3.8) is 0 Å². The number of imidazole rings is 1. The third kappa shape index (κ3) is 2.57. The van der Waals surface area contributed by atoms with Crippen molar-refractivity contribution in [3.8, 4) is 11.4 Å². The number of methoxy groups -OCH3 is 1. The first kappa shape index (κ1) is 11.9. The van der Waals surface area contributed by atoms with Crippen molar-refractivity contribution in [1.82, 2.24) is 9.55 Å². The van der Waals surface area contributed by atoms with Crippen molar-refractivity contribution in [2.45, 2.75) is 0 Å². The van der Waals surface area contributed by atoms with Crippen LogP contribution in [0.5, 0.6) is 5.75 Å². The van der Waals surface area contributed by atoms with Crippen molar-refractivity contribution >= 4 is 12.0 Å². The average Bonchev–Trinajstić information content (AvgIpc) is 2.89. The largest absolute Gasteiger partial charge is 0.495 e. The normalized spacial score (nSPS) is 10.7. The maximum absolute atomic E-state index is 10.5. The summed E-state index contributed by atoms with van der Waals surface area (Å²) in [5.74, 6) is -0.326. The lowest BCUT2D eigenvalue weighted by Crippen LogP contribution is -1.96. The van der Waals surface area contributed by atoms with E-state index in [2.05, 4.69) is 4.98 Å².